The van der Waals surface area contributed by atoms with Gasteiger partial charge in [0, 0.05) is 37.8 Å². The van der Waals surface area contributed by atoms with Gasteiger partial charge < -0.3 is 19.7 Å². The minimum Gasteiger partial charge on any atom is -0.347 e. The quantitative estimate of drug-likeness (QED) is 0.923. The Bertz CT molecular complexity index is 737. The van der Waals surface area contributed by atoms with Gasteiger partial charge in [-0.2, -0.15) is 0 Å². The molecule has 1 aromatic heterocycles. The minimum atomic E-state index is -0.484. The van der Waals surface area contributed by atoms with Crippen LogP contribution in [-0.4, -0.2) is 52.9 Å². The van der Waals surface area contributed by atoms with E-state index in [1.165, 1.54) is 0 Å². The van der Waals surface area contributed by atoms with Gasteiger partial charge in [-0.3, -0.25) is 4.79 Å². The number of amides is 1. The van der Waals surface area contributed by atoms with Gasteiger partial charge >= 0.3 is 0 Å². The zero-order valence-electron chi connectivity index (χ0n) is 13.9. The molecule has 3 heterocycles. The summed E-state index contributed by atoms with van der Waals surface area (Å²) in [7, 11) is 0. The molecule has 1 aromatic carbocycles. The molecule has 2 aromatic rings. The van der Waals surface area contributed by atoms with Crippen molar-refractivity contribution >= 4 is 17.5 Å². The summed E-state index contributed by atoms with van der Waals surface area (Å²) in [4.78, 5) is 23.1. The van der Waals surface area contributed by atoms with E-state index in [1.807, 2.05) is 30.3 Å². The van der Waals surface area contributed by atoms with Gasteiger partial charge in [0.05, 0.1) is 13.2 Å². The number of carbonyl (C=O) groups excluding carboxylic acids is 1. The Labute approximate surface area is 146 Å². The lowest BCUT2D eigenvalue weighted by Crippen LogP contribution is -2.47. The van der Waals surface area contributed by atoms with Gasteiger partial charge in [0.1, 0.15) is 5.69 Å². The van der Waals surface area contributed by atoms with Gasteiger partial charge in [0.25, 0.3) is 5.91 Å². The number of benzene rings is 1. The number of nitrogens with one attached hydrogen (secondary N) is 1. The van der Waals surface area contributed by atoms with Crippen molar-refractivity contribution in [3.05, 3.63) is 48.3 Å². The first-order valence-electron chi connectivity index (χ1n) is 8.46. The fraction of sp³-hybridized carbons (Fsp3) is 0.389. The van der Waals surface area contributed by atoms with Crippen LogP contribution in [0.15, 0.2) is 42.6 Å². The summed E-state index contributed by atoms with van der Waals surface area (Å²) < 4.78 is 11.4. The second kappa shape index (κ2) is 6.78. The van der Waals surface area contributed by atoms with Crippen LogP contribution in [0.25, 0.3) is 0 Å². The highest BCUT2D eigenvalue weighted by Crippen LogP contribution is 2.31. The van der Waals surface area contributed by atoms with E-state index < -0.39 is 5.79 Å². The monoisotopic (exact) mass is 340 g/mol. The van der Waals surface area contributed by atoms with Gasteiger partial charge in [-0.05, 0) is 18.2 Å². The molecule has 2 aliphatic rings. The predicted molar refractivity (Wildman–Crippen MR) is 91.5 cm³/mol. The number of nitrogens with zero attached hydrogens (tertiary/aromatic N) is 3. The first kappa shape index (κ1) is 16.0. The van der Waals surface area contributed by atoms with Crippen LogP contribution in [0.3, 0.4) is 0 Å². The van der Waals surface area contributed by atoms with Crippen molar-refractivity contribution in [1.29, 1.82) is 0 Å². The number of piperidine rings is 1. The zero-order valence-corrected chi connectivity index (χ0v) is 13.9. The standard InChI is InChI=1S/C18H20N4O3/c23-16(22-10-7-18(8-11-22)24-12-13-25-18)15-6-9-19-17(21-15)20-14-4-2-1-3-5-14/h1-6,9H,7-8,10-13H2,(H,19,20,21). The Hall–Kier alpha value is -2.51. The smallest absolute Gasteiger partial charge is 0.272 e. The summed E-state index contributed by atoms with van der Waals surface area (Å²) in [5.74, 6) is -0.165. The van der Waals surface area contributed by atoms with Crippen molar-refractivity contribution in [2.75, 3.05) is 31.6 Å². The Balaban J connectivity index is 1.43. The van der Waals surface area contributed by atoms with Crippen LogP contribution in [0, 0.1) is 0 Å². The fourth-order valence-electron chi connectivity index (χ4n) is 3.19. The maximum atomic E-state index is 12.7. The summed E-state index contributed by atoms with van der Waals surface area (Å²) in [6, 6.07) is 11.3. The van der Waals surface area contributed by atoms with E-state index in [0.717, 1.165) is 5.69 Å². The highest BCUT2D eigenvalue weighted by Gasteiger charge is 2.41. The van der Waals surface area contributed by atoms with Crippen molar-refractivity contribution in [3.8, 4) is 0 Å². The Morgan fingerprint density at radius 1 is 1.08 bits per heavy atom. The molecule has 1 N–H and O–H groups in total. The molecule has 0 bridgehead atoms. The average Bonchev–Trinajstić information content (AvgIpc) is 3.11. The maximum Gasteiger partial charge on any atom is 0.272 e. The number of para-hydroxylation sites is 1. The largest absolute Gasteiger partial charge is 0.347 e. The lowest BCUT2D eigenvalue weighted by molar-refractivity contribution is -0.181. The van der Waals surface area contributed by atoms with Crippen LogP contribution in [0.5, 0.6) is 0 Å². The van der Waals surface area contributed by atoms with E-state index in [2.05, 4.69) is 15.3 Å². The first-order chi connectivity index (χ1) is 12.2. The second-order valence-electron chi connectivity index (χ2n) is 6.16. The van der Waals surface area contributed by atoms with Gasteiger partial charge in [-0.15, -0.1) is 0 Å². The van der Waals surface area contributed by atoms with Crippen LogP contribution in [0.2, 0.25) is 0 Å². The zero-order chi connectivity index (χ0) is 17.1. The van der Waals surface area contributed by atoms with E-state index in [-0.39, 0.29) is 5.91 Å². The van der Waals surface area contributed by atoms with E-state index >= 15 is 0 Å². The SMILES string of the molecule is O=C(c1ccnc(Nc2ccccc2)n1)N1CCC2(CC1)OCCO2. The molecule has 25 heavy (non-hydrogen) atoms. The molecular weight excluding hydrogens is 320 g/mol. The fourth-order valence-corrected chi connectivity index (χ4v) is 3.19. The Morgan fingerprint density at radius 2 is 1.80 bits per heavy atom. The van der Waals surface area contributed by atoms with E-state index in [0.29, 0.717) is 50.8 Å². The highest BCUT2D eigenvalue weighted by atomic mass is 16.7. The molecule has 0 unspecified atom stereocenters. The molecule has 2 saturated heterocycles. The number of rotatable bonds is 3. The van der Waals surface area contributed by atoms with E-state index in [4.69, 9.17) is 9.47 Å². The number of aromatic nitrogens is 2. The molecule has 0 atom stereocenters. The molecule has 2 aliphatic heterocycles. The molecule has 1 amide bonds. The van der Waals surface area contributed by atoms with Gasteiger partial charge in [-0.25, -0.2) is 9.97 Å². The molecule has 0 saturated carbocycles. The number of carbonyl (C=O) groups is 1. The minimum absolute atomic E-state index is 0.0913. The molecule has 7 nitrogen and oxygen atoms in total. The number of hydrogen-bond acceptors (Lipinski definition) is 6. The van der Waals surface area contributed by atoms with E-state index in [1.54, 1.807) is 17.2 Å². The molecule has 2 fully saturated rings. The Morgan fingerprint density at radius 3 is 2.52 bits per heavy atom. The molecule has 4 rings (SSSR count). The van der Waals surface area contributed by atoms with Crippen LogP contribution < -0.4 is 5.32 Å². The van der Waals surface area contributed by atoms with Crippen LogP contribution in [0.4, 0.5) is 11.6 Å². The molecule has 0 aliphatic carbocycles. The van der Waals surface area contributed by atoms with Crippen LogP contribution in [0.1, 0.15) is 23.3 Å². The van der Waals surface area contributed by atoms with Crippen LogP contribution >= 0.6 is 0 Å². The molecular formula is C18H20N4O3. The molecule has 0 radical (unpaired) electrons. The normalized spacial score (nSPS) is 19.1. The van der Waals surface area contributed by atoms with Gasteiger partial charge in [0.15, 0.2) is 5.79 Å². The van der Waals surface area contributed by atoms with Crippen molar-refractivity contribution in [3.63, 3.8) is 0 Å². The number of likely N-dealkylation sites (tertiary alicyclic amines) is 1. The first-order valence-corrected chi connectivity index (χ1v) is 8.46. The summed E-state index contributed by atoms with van der Waals surface area (Å²) >= 11 is 0. The average molecular weight is 340 g/mol. The third-order valence-corrected chi connectivity index (χ3v) is 4.53. The molecule has 7 heteroatoms. The van der Waals surface area contributed by atoms with Crippen molar-refractivity contribution in [1.82, 2.24) is 14.9 Å². The second-order valence-corrected chi connectivity index (χ2v) is 6.16. The van der Waals surface area contributed by atoms with Crippen molar-refractivity contribution < 1.29 is 14.3 Å². The summed E-state index contributed by atoms with van der Waals surface area (Å²) in [6.07, 6.45) is 2.98. The summed E-state index contributed by atoms with van der Waals surface area (Å²) in [5, 5.41) is 3.11. The molecule has 1 spiro atoms. The van der Waals surface area contributed by atoms with Gasteiger partial charge in [-0.1, -0.05) is 18.2 Å². The topological polar surface area (TPSA) is 76.6 Å². The predicted octanol–water partition coefficient (Wildman–Crippen LogP) is 2.20. The van der Waals surface area contributed by atoms with Gasteiger partial charge in [0.2, 0.25) is 5.95 Å². The number of hydrogen-bond donors (Lipinski definition) is 1. The lowest BCUT2D eigenvalue weighted by atomic mass is 10.0. The third-order valence-electron chi connectivity index (χ3n) is 4.53. The number of anilines is 2. The maximum absolute atomic E-state index is 12.7. The van der Waals surface area contributed by atoms with E-state index in [9.17, 15) is 4.79 Å². The van der Waals surface area contributed by atoms with Crippen molar-refractivity contribution in [2.45, 2.75) is 18.6 Å². The molecule has 130 valence electrons. The van der Waals surface area contributed by atoms with Crippen molar-refractivity contribution in [2.24, 2.45) is 0 Å². The highest BCUT2D eigenvalue weighted by molar-refractivity contribution is 5.92. The lowest BCUT2D eigenvalue weighted by Gasteiger charge is -2.37. The number of ether oxygens (including phenoxy) is 2. The summed E-state index contributed by atoms with van der Waals surface area (Å²) in [5.41, 5.74) is 1.26. The summed E-state index contributed by atoms with van der Waals surface area (Å²) in [6.45, 7) is 2.47. The van der Waals surface area contributed by atoms with Crippen LogP contribution in [-0.2, 0) is 9.47 Å². The Kier molecular flexibility index (Phi) is 4.33. The third kappa shape index (κ3) is 3.47.